The molecule has 3 fully saturated rings. The number of β-amino-alcohol motifs (C(OH)–C–C–N with tert-alkyl or cyclic N) is 1. The summed E-state index contributed by atoms with van der Waals surface area (Å²) in [7, 11) is 0. The van der Waals surface area contributed by atoms with Crippen molar-refractivity contribution >= 4 is 51.6 Å². The summed E-state index contributed by atoms with van der Waals surface area (Å²) in [6, 6.07) is 20.8. The third kappa shape index (κ3) is 13.2. The number of benzene rings is 3. The van der Waals surface area contributed by atoms with Crippen LogP contribution in [0.4, 0.5) is 10.1 Å². The van der Waals surface area contributed by atoms with Gasteiger partial charge in [-0.05, 0) is 115 Å². The van der Waals surface area contributed by atoms with Crippen LogP contribution in [0.5, 0.6) is 5.75 Å². The normalized spacial score (nSPS) is 20.5. The predicted octanol–water partition coefficient (Wildman–Crippen LogP) is 8.41. The molecule has 5 aromatic rings. The SMILES string of the molecule is Cc1ncsc1-c1ccc(CNC(=O)[C@@H]2C[C@@H](O)CN2C(=O)[C@@H](NCCOCCC(=O)N2CCC(Oc3ccc(NC(=O)[C@H](C)C4CCC(c5ccnc6ccc(F)cc56)CC4)cc3)CC2)C(C)(C)C)cc1. The first-order chi connectivity index (χ1) is 34.6. The molecule has 2 aliphatic heterocycles. The second kappa shape index (κ2) is 23.8. The van der Waals surface area contributed by atoms with E-state index in [4.69, 9.17) is 9.47 Å². The summed E-state index contributed by atoms with van der Waals surface area (Å²) in [5.41, 5.74) is 6.96. The van der Waals surface area contributed by atoms with Gasteiger partial charge in [-0.15, -0.1) is 11.3 Å². The number of ether oxygens (including phenoxy) is 2. The number of hydrogen-bond donors (Lipinski definition) is 4. The first-order valence-electron chi connectivity index (χ1n) is 25.6. The number of hydrogen-bond acceptors (Lipinski definition) is 11. The summed E-state index contributed by atoms with van der Waals surface area (Å²) in [5.74, 6) is 0.356. The number of aromatic nitrogens is 2. The van der Waals surface area contributed by atoms with Gasteiger partial charge in [0.2, 0.25) is 23.6 Å². The molecule has 4 amide bonds. The number of nitrogens with one attached hydrogen (secondary N) is 3. The lowest BCUT2D eigenvalue weighted by atomic mass is 9.73. The Bertz CT molecular complexity index is 2640. The van der Waals surface area contributed by atoms with Crippen molar-refractivity contribution in [3.8, 4) is 16.2 Å². The third-order valence-electron chi connectivity index (χ3n) is 14.8. The number of pyridine rings is 1. The first kappa shape index (κ1) is 52.5. The van der Waals surface area contributed by atoms with Gasteiger partial charge in [-0.2, -0.15) is 0 Å². The zero-order valence-electron chi connectivity index (χ0n) is 42.2. The lowest BCUT2D eigenvalue weighted by molar-refractivity contribution is -0.142. The standard InChI is InChI=1S/C56H70FN7O7S/c1-35(38-10-12-39(13-11-38)46-20-24-58-48-19-14-41(57)30-47(46)48)53(67)62-42-15-17-44(18-16-42)71-45-21-26-63(27-22-45)50(66)23-28-70-29-25-59-52(56(3,4)5)55(69)64-33-43(65)31-49(64)54(68)60-32-37-6-8-40(9-7-37)51-36(2)61-34-72-51/h6-9,14-20,24,30,34-35,38-39,43,45,49,52,59,65H,10-13,21-23,25-29,31-33H2,1-5H3,(H,60,68)(H,62,67)/t35-,38?,39?,43-,49+,52-/m1/s1. The van der Waals surface area contributed by atoms with E-state index in [0.717, 1.165) is 63.8 Å². The number of amides is 4. The maximum absolute atomic E-state index is 14.1. The van der Waals surface area contributed by atoms with Crippen LogP contribution in [0.1, 0.15) is 102 Å². The molecule has 0 bridgehead atoms. The van der Waals surface area contributed by atoms with Crippen molar-refractivity contribution in [3.05, 3.63) is 107 Å². The van der Waals surface area contributed by atoms with E-state index >= 15 is 0 Å². The maximum atomic E-state index is 14.1. The average Bonchev–Trinajstić information content (AvgIpc) is 4.00. The van der Waals surface area contributed by atoms with E-state index < -0.39 is 23.6 Å². The molecule has 8 rings (SSSR count). The summed E-state index contributed by atoms with van der Waals surface area (Å²) in [6.45, 7) is 12.3. The fraction of sp³-hybridized carbons (Fsp3) is 0.500. The number of halogens is 1. The van der Waals surface area contributed by atoms with Gasteiger partial charge in [0.25, 0.3) is 0 Å². The fourth-order valence-electron chi connectivity index (χ4n) is 10.5. The number of aliphatic hydroxyl groups is 1. The molecule has 0 spiro atoms. The minimum Gasteiger partial charge on any atom is -0.490 e. The van der Waals surface area contributed by atoms with E-state index in [2.05, 4.69) is 25.9 Å². The second-order valence-electron chi connectivity index (χ2n) is 20.9. The van der Waals surface area contributed by atoms with Gasteiger partial charge in [0.05, 0.1) is 53.4 Å². The summed E-state index contributed by atoms with van der Waals surface area (Å²) >= 11 is 1.59. The topological polar surface area (TPSA) is 175 Å². The Morgan fingerprint density at radius 2 is 1.65 bits per heavy atom. The maximum Gasteiger partial charge on any atom is 0.243 e. The van der Waals surface area contributed by atoms with Crippen LogP contribution in [0.3, 0.4) is 0 Å². The van der Waals surface area contributed by atoms with Crippen molar-refractivity contribution in [2.24, 2.45) is 17.3 Å². The highest BCUT2D eigenvalue weighted by molar-refractivity contribution is 7.13. The van der Waals surface area contributed by atoms with Gasteiger partial charge in [-0.25, -0.2) is 9.37 Å². The van der Waals surface area contributed by atoms with Crippen molar-refractivity contribution in [2.75, 3.05) is 44.7 Å². The Hall–Kier alpha value is -5.81. The molecule has 72 heavy (non-hydrogen) atoms. The van der Waals surface area contributed by atoms with Crippen LogP contribution in [-0.4, -0.2) is 112 Å². The highest BCUT2D eigenvalue weighted by atomic mass is 32.1. The Labute approximate surface area is 426 Å². The molecule has 14 nitrogen and oxygen atoms in total. The van der Waals surface area contributed by atoms with Gasteiger partial charge < -0.3 is 40.3 Å². The number of aliphatic hydroxyl groups excluding tert-OH is 1. The molecule has 16 heteroatoms. The molecule has 384 valence electrons. The van der Waals surface area contributed by atoms with Crippen LogP contribution in [0.15, 0.2) is 84.5 Å². The third-order valence-corrected chi connectivity index (χ3v) is 15.7. The Balaban J connectivity index is 0.705. The van der Waals surface area contributed by atoms with E-state index in [0.29, 0.717) is 56.4 Å². The largest absolute Gasteiger partial charge is 0.490 e. The number of anilines is 1. The van der Waals surface area contributed by atoms with E-state index in [-0.39, 0.29) is 80.0 Å². The molecule has 3 aromatic carbocycles. The highest BCUT2D eigenvalue weighted by Crippen LogP contribution is 2.41. The Morgan fingerprint density at radius 1 is 0.917 bits per heavy atom. The zero-order valence-corrected chi connectivity index (χ0v) is 43.0. The number of nitrogens with zero attached hydrogens (tertiary/aromatic N) is 4. The number of carbonyl (C=O) groups is 4. The number of rotatable bonds is 18. The molecule has 4 N–H and O–H groups in total. The number of thiazole rings is 1. The van der Waals surface area contributed by atoms with Gasteiger partial charge >= 0.3 is 0 Å². The molecular formula is C56H70FN7O7S. The van der Waals surface area contributed by atoms with Gasteiger partial charge in [-0.1, -0.05) is 52.0 Å². The fourth-order valence-corrected chi connectivity index (χ4v) is 11.3. The molecule has 1 aliphatic carbocycles. The lowest BCUT2D eigenvalue weighted by Crippen LogP contribution is -2.57. The second-order valence-corrected chi connectivity index (χ2v) is 21.7. The predicted molar refractivity (Wildman–Crippen MR) is 278 cm³/mol. The number of aryl methyl sites for hydroxylation is 1. The summed E-state index contributed by atoms with van der Waals surface area (Å²) in [5, 5.41) is 20.9. The number of fused-ring (bicyclic) bond motifs is 1. The van der Waals surface area contributed by atoms with Crippen LogP contribution in [0.25, 0.3) is 21.3 Å². The highest BCUT2D eigenvalue weighted by Gasteiger charge is 2.44. The quantitative estimate of drug-likeness (QED) is 0.0624. The average molecular weight is 1000 g/mol. The molecular weight excluding hydrogens is 934 g/mol. The smallest absolute Gasteiger partial charge is 0.243 e. The van der Waals surface area contributed by atoms with Gasteiger partial charge in [0.15, 0.2) is 0 Å². The van der Waals surface area contributed by atoms with E-state index in [1.54, 1.807) is 29.7 Å². The zero-order chi connectivity index (χ0) is 50.9. The minimum absolute atomic E-state index is 0.00153. The van der Waals surface area contributed by atoms with Crippen LogP contribution >= 0.6 is 11.3 Å². The van der Waals surface area contributed by atoms with Crippen molar-refractivity contribution in [1.82, 2.24) is 30.4 Å². The van der Waals surface area contributed by atoms with E-state index in [1.165, 1.54) is 11.0 Å². The summed E-state index contributed by atoms with van der Waals surface area (Å²) < 4.78 is 26.2. The number of carbonyl (C=O) groups excluding carboxylic acids is 4. The van der Waals surface area contributed by atoms with E-state index in [9.17, 15) is 28.7 Å². The van der Waals surface area contributed by atoms with Crippen LogP contribution in [-0.2, 0) is 30.5 Å². The van der Waals surface area contributed by atoms with Crippen molar-refractivity contribution in [3.63, 3.8) is 0 Å². The van der Waals surface area contributed by atoms with E-state index in [1.807, 2.05) is 99.6 Å². The molecule has 0 unspecified atom stereocenters. The molecule has 4 atom stereocenters. The molecule has 2 aromatic heterocycles. The van der Waals surface area contributed by atoms with Crippen LogP contribution in [0.2, 0.25) is 0 Å². The lowest BCUT2D eigenvalue weighted by Gasteiger charge is -2.35. The number of piperidine rings is 1. The van der Waals surface area contributed by atoms with Gasteiger partial charge in [0.1, 0.15) is 23.7 Å². The minimum atomic E-state index is -0.804. The van der Waals surface area contributed by atoms with Gasteiger partial charge in [-0.3, -0.25) is 24.2 Å². The van der Waals surface area contributed by atoms with Crippen molar-refractivity contribution in [2.45, 2.75) is 123 Å². The summed E-state index contributed by atoms with van der Waals surface area (Å²) in [4.78, 5) is 67.2. The number of likely N-dealkylation sites (tertiary alicyclic amines) is 2. The first-order valence-corrected chi connectivity index (χ1v) is 26.5. The molecule has 0 radical (unpaired) electrons. The molecule has 4 heterocycles. The molecule has 2 saturated heterocycles. The molecule has 3 aliphatic rings. The van der Waals surface area contributed by atoms with Crippen LogP contribution < -0.4 is 20.7 Å². The van der Waals surface area contributed by atoms with Gasteiger partial charge in [0, 0.05) is 75.2 Å². The van der Waals surface area contributed by atoms with Crippen molar-refractivity contribution in [1.29, 1.82) is 0 Å². The Morgan fingerprint density at radius 3 is 2.35 bits per heavy atom. The molecule has 1 saturated carbocycles. The Kier molecular flexibility index (Phi) is 17.4. The monoisotopic (exact) mass is 1000 g/mol. The van der Waals surface area contributed by atoms with Crippen LogP contribution in [0, 0.1) is 30.0 Å². The summed E-state index contributed by atoms with van der Waals surface area (Å²) in [6.07, 6.45) is 6.51. The van der Waals surface area contributed by atoms with Crippen molar-refractivity contribution < 1.29 is 38.1 Å².